The Morgan fingerprint density at radius 3 is 2.42 bits per heavy atom. The molecule has 0 unspecified atom stereocenters. The fourth-order valence-corrected chi connectivity index (χ4v) is 3.16. The van der Waals surface area contributed by atoms with Gasteiger partial charge in [0.1, 0.15) is 12.4 Å². The zero-order valence-corrected chi connectivity index (χ0v) is 18.2. The van der Waals surface area contributed by atoms with E-state index in [0.717, 1.165) is 0 Å². The Morgan fingerprint density at radius 2 is 1.74 bits per heavy atom. The number of amides is 1. The summed E-state index contributed by atoms with van der Waals surface area (Å²) in [7, 11) is 0. The minimum absolute atomic E-state index is 0.0858. The van der Waals surface area contributed by atoms with E-state index < -0.39 is 5.91 Å². The van der Waals surface area contributed by atoms with Crippen LogP contribution in [0, 0.1) is 0 Å². The van der Waals surface area contributed by atoms with E-state index in [-0.39, 0.29) is 12.4 Å². The van der Waals surface area contributed by atoms with Crippen LogP contribution in [0.4, 0.5) is 0 Å². The van der Waals surface area contributed by atoms with Crippen LogP contribution in [-0.2, 0) is 6.61 Å². The fraction of sp³-hybridized carbons (Fsp3) is 0.130. The predicted molar refractivity (Wildman–Crippen MR) is 122 cm³/mol. The maximum absolute atomic E-state index is 12.1. The largest absolute Gasteiger partial charge is 0.508 e. The summed E-state index contributed by atoms with van der Waals surface area (Å²) in [6.45, 7) is 2.50. The first kappa shape index (κ1) is 22.5. The van der Waals surface area contributed by atoms with Crippen molar-refractivity contribution in [3.63, 3.8) is 0 Å². The lowest BCUT2D eigenvalue weighted by molar-refractivity contribution is 0.0955. The van der Waals surface area contributed by atoms with Crippen LogP contribution in [0.1, 0.15) is 28.4 Å². The molecule has 160 valence electrons. The number of nitrogens with zero attached hydrogens (tertiary/aromatic N) is 1. The number of carbonyl (C=O) groups excluding carboxylic acids is 1. The molecule has 3 aromatic carbocycles. The lowest BCUT2D eigenvalue weighted by Gasteiger charge is -2.14. The lowest BCUT2D eigenvalue weighted by Crippen LogP contribution is -2.17. The average molecular weight is 459 g/mol. The summed E-state index contributed by atoms with van der Waals surface area (Å²) < 4.78 is 11.5. The number of nitrogens with one attached hydrogen (secondary N) is 1. The van der Waals surface area contributed by atoms with Crippen molar-refractivity contribution >= 4 is 35.3 Å². The first-order valence-corrected chi connectivity index (χ1v) is 10.2. The number of carbonyl (C=O) groups is 1. The van der Waals surface area contributed by atoms with Crippen molar-refractivity contribution in [2.75, 3.05) is 6.61 Å². The van der Waals surface area contributed by atoms with Crippen molar-refractivity contribution < 1.29 is 19.4 Å². The molecule has 3 rings (SSSR count). The van der Waals surface area contributed by atoms with Gasteiger partial charge in [-0.25, -0.2) is 5.43 Å². The molecule has 6 nitrogen and oxygen atoms in total. The molecule has 8 heteroatoms. The van der Waals surface area contributed by atoms with Crippen LogP contribution in [0.2, 0.25) is 10.0 Å². The molecule has 0 saturated heterocycles. The molecule has 0 spiro atoms. The molecule has 1 amide bonds. The monoisotopic (exact) mass is 458 g/mol. The van der Waals surface area contributed by atoms with Gasteiger partial charge in [0, 0.05) is 21.2 Å². The summed E-state index contributed by atoms with van der Waals surface area (Å²) in [4.78, 5) is 12.1. The van der Waals surface area contributed by atoms with Crippen molar-refractivity contribution in [3.8, 4) is 17.2 Å². The van der Waals surface area contributed by atoms with Crippen LogP contribution < -0.4 is 14.9 Å². The van der Waals surface area contributed by atoms with E-state index in [0.29, 0.717) is 44.8 Å². The van der Waals surface area contributed by atoms with Gasteiger partial charge in [0.15, 0.2) is 11.5 Å². The SMILES string of the molecule is CCOc1cc(/C=N\NC(=O)c2ccc(O)cc2)ccc1OCc1c(Cl)cccc1Cl. The van der Waals surface area contributed by atoms with Crippen molar-refractivity contribution in [2.24, 2.45) is 5.10 Å². The van der Waals surface area contributed by atoms with Crippen molar-refractivity contribution in [1.29, 1.82) is 0 Å². The second-order valence-corrected chi connectivity index (χ2v) is 7.19. The number of halogens is 2. The van der Waals surface area contributed by atoms with E-state index >= 15 is 0 Å². The molecule has 0 aliphatic heterocycles. The number of benzene rings is 3. The normalized spacial score (nSPS) is 10.8. The molecule has 0 bridgehead atoms. The van der Waals surface area contributed by atoms with Crippen LogP contribution in [0.3, 0.4) is 0 Å². The summed E-state index contributed by atoms with van der Waals surface area (Å²) in [5.41, 5.74) is 4.22. The lowest BCUT2D eigenvalue weighted by atomic mass is 10.2. The number of ether oxygens (including phenoxy) is 2. The predicted octanol–water partition coefficient (Wildman–Crippen LogP) is 5.44. The highest BCUT2D eigenvalue weighted by atomic mass is 35.5. The van der Waals surface area contributed by atoms with E-state index in [1.807, 2.05) is 6.92 Å². The number of hydrazone groups is 1. The Kier molecular flexibility index (Phi) is 7.76. The highest BCUT2D eigenvalue weighted by Gasteiger charge is 2.10. The van der Waals surface area contributed by atoms with Crippen LogP contribution in [0.5, 0.6) is 17.2 Å². The Balaban J connectivity index is 1.68. The average Bonchev–Trinajstić information content (AvgIpc) is 2.75. The Bertz CT molecular complexity index is 1070. The summed E-state index contributed by atoms with van der Waals surface area (Å²) in [6.07, 6.45) is 1.50. The zero-order chi connectivity index (χ0) is 22.2. The summed E-state index contributed by atoms with van der Waals surface area (Å²) >= 11 is 12.4. The molecule has 0 radical (unpaired) electrons. The number of rotatable bonds is 8. The quantitative estimate of drug-likeness (QED) is 0.347. The molecule has 0 atom stereocenters. The minimum Gasteiger partial charge on any atom is -0.508 e. The molecule has 0 fully saturated rings. The second kappa shape index (κ2) is 10.7. The molecule has 0 saturated carbocycles. The maximum atomic E-state index is 12.1. The van der Waals surface area contributed by atoms with Crippen molar-refractivity contribution in [2.45, 2.75) is 13.5 Å². The maximum Gasteiger partial charge on any atom is 0.271 e. The van der Waals surface area contributed by atoms with E-state index in [1.165, 1.54) is 30.5 Å². The van der Waals surface area contributed by atoms with E-state index in [2.05, 4.69) is 10.5 Å². The molecule has 0 aliphatic rings. The van der Waals surface area contributed by atoms with E-state index in [4.69, 9.17) is 32.7 Å². The van der Waals surface area contributed by atoms with Gasteiger partial charge >= 0.3 is 0 Å². The van der Waals surface area contributed by atoms with Crippen LogP contribution >= 0.6 is 23.2 Å². The van der Waals surface area contributed by atoms with Crippen LogP contribution in [-0.4, -0.2) is 23.8 Å². The van der Waals surface area contributed by atoms with Gasteiger partial charge in [-0.05, 0) is 67.1 Å². The van der Waals surface area contributed by atoms with Crippen LogP contribution in [0.25, 0.3) is 0 Å². The first-order valence-electron chi connectivity index (χ1n) is 9.43. The second-order valence-electron chi connectivity index (χ2n) is 6.37. The highest BCUT2D eigenvalue weighted by Crippen LogP contribution is 2.31. The first-order chi connectivity index (χ1) is 15.0. The van der Waals surface area contributed by atoms with Gasteiger partial charge in [0.05, 0.1) is 12.8 Å². The molecule has 2 N–H and O–H groups in total. The van der Waals surface area contributed by atoms with Gasteiger partial charge in [-0.3, -0.25) is 4.79 Å². The molecular formula is C23H20Cl2N2O4. The Labute approximate surface area is 190 Å². The molecule has 0 aliphatic carbocycles. The smallest absolute Gasteiger partial charge is 0.271 e. The topological polar surface area (TPSA) is 80.2 Å². The van der Waals surface area contributed by atoms with Gasteiger partial charge in [-0.1, -0.05) is 29.3 Å². The number of aromatic hydroxyl groups is 1. The van der Waals surface area contributed by atoms with E-state index in [9.17, 15) is 9.90 Å². The highest BCUT2D eigenvalue weighted by molar-refractivity contribution is 6.35. The Hall–Kier alpha value is -3.22. The zero-order valence-electron chi connectivity index (χ0n) is 16.6. The number of hydrogen-bond acceptors (Lipinski definition) is 5. The third-order valence-electron chi connectivity index (χ3n) is 4.21. The van der Waals surface area contributed by atoms with Crippen molar-refractivity contribution in [3.05, 3.63) is 87.4 Å². The van der Waals surface area contributed by atoms with Gasteiger partial charge in [-0.2, -0.15) is 5.10 Å². The molecule has 31 heavy (non-hydrogen) atoms. The third-order valence-corrected chi connectivity index (χ3v) is 4.92. The summed E-state index contributed by atoms with van der Waals surface area (Å²) in [6, 6.07) is 16.4. The van der Waals surface area contributed by atoms with Crippen LogP contribution in [0.15, 0.2) is 65.8 Å². The Morgan fingerprint density at radius 1 is 1.03 bits per heavy atom. The van der Waals surface area contributed by atoms with E-state index in [1.54, 1.807) is 36.4 Å². The van der Waals surface area contributed by atoms with Gasteiger partial charge in [0.25, 0.3) is 5.91 Å². The van der Waals surface area contributed by atoms with Gasteiger partial charge in [0.2, 0.25) is 0 Å². The molecule has 0 aromatic heterocycles. The third kappa shape index (κ3) is 6.13. The standard InChI is InChI=1S/C23H20Cl2N2O4/c1-2-30-22-12-15(13-26-27-23(29)16-7-9-17(28)10-8-16)6-11-21(22)31-14-18-19(24)4-3-5-20(18)25/h3-13,28H,2,14H2,1H3,(H,27,29)/b26-13-. The van der Waals surface area contributed by atoms with Gasteiger partial charge < -0.3 is 14.6 Å². The summed E-state index contributed by atoms with van der Waals surface area (Å²) in [5, 5.41) is 14.3. The van der Waals surface area contributed by atoms with Crippen molar-refractivity contribution in [1.82, 2.24) is 5.43 Å². The number of phenolic OH excluding ortho intramolecular Hbond substituents is 1. The molecular weight excluding hydrogens is 439 g/mol. The van der Waals surface area contributed by atoms with Gasteiger partial charge in [-0.15, -0.1) is 0 Å². The number of phenols is 1. The fourth-order valence-electron chi connectivity index (χ4n) is 2.66. The summed E-state index contributed by atoms with van der Waals surface area (Å²) in [5.74, 6) is 0.753. The number of hydrogen-bond donors (Lipinski definition) is 2. The minimum atomic E-state index is -0.391. The molecule has 3 aromatic rings. The molecule has 0 heterocycles.